The van der Waals surface area contributed by atoms with Gasteiger partial charge in [0.2, 0.25) is 0 Å². The minimum atomic E-state index is -0.405. The first kappa shape index (κ1) is 37.0. The third kappa shape index (κ3) is 14.6. The Morgan fingerprint density at radius 3 is 1.78 bits per heavy atom. The van der Waals surface area contributed by atoms with E-state index in [1.165, 1.54) is 44.9 Å². The summed E-state index contributed by atoms with van der Waals surface area (Å²) in [7, 11) is 0. The molecular formula is C36H62O5. The lowest BCUT2D eigenvalue weighted by atomic mass is 9.92. The highest BCUT2D eigenvalue weighted by atomic mass is 16.5. The van der Waals surface area contributed by atoms with E-state index in [-0.39, 0.29) is 18.8 Å². The van der Waals surface area contributed by atoms with Crippen LogP contribution in [0, 0.1) is 38.5 Å². The first-order chi connectivity index (χ1) is 19.5. The summed E-state index contributed by atoms with van der Waals surface area (Å²) >= 11 is 0. The highest BCUT2D eigenvalue weighted by Gasteiger charge is 2.22. The summed E-state index contributed by atoms with van der Waals surface area (Å²) in [4.78, 5) is 24.5. The first-order valence-corrected chi connectivity index (χ1v) is 16.6. The molecule has 2 unspecified atom stereocenters. The third-order valence-corrected chi connectivity index (χ3v) is 8.28. The van der Waals surface area contributed by atoms with Crippen molar-refractivity contribution in [3.8, 4) is 11.5 Å². The molecule has 0 saturated carbocycles. The largest absolute Gasteiger partial charge is 0.493 e. The van der Waals surface area contributed by atoms with Gasteiger partial charge in [-0.15, -0.1) is 0 Å². The molecule has 0 aliphatic heterocycles. The highest BCUT2D eigenvalue weighted by molar-refractivity contribution is 5.80. The number of ether oxygens (including phenoxy) is 3. The Kier molecular flexibility index (Phi) is 18.7. The molecule has 0 N–H and O–H groups in total. The fourth-order valence-electron chi connectivity index (χ4n) is 5.41. The van der Waals surface area contributed by atoms with Gasteiger partial charge in [-0.3, -0.25) is 9.59 Å². The van der Waals surface area contributed by atoms with Crippen molar-refractivity contribution in [1.29, 1.82) is 0 Å². The molecule has 41 heavy (non-hydrogen) atoms. The number of benzene rings is 1. The Bertz CT molecular complexity index is 904. The summed E-state index contributed by atoms with van der Waals surface area (Å²) in [6.07, 6.45) is 14.0. The van der Waals surface area contributed by atoms with Crippen molar-refractivity contribution >= 4 is 11.9 Å². The van der Waals surface area contributed by atoms with E-state index >= 15 is 0 Å². The maximum absolute atomic E-state index is 12.6. The van der Waals surface area contributed by atoms with Crippen molar-refractivity contribution in [2.75, 3.05) is 13.2 Å². The van der Waals surface area contributed by atoms with Crippen molar-refractivity contribution in [3.05, 3.63) is 22.3 Å². The molecule has 0 fully saturated rings. The Balaban J connectivity index is 2.64. The number of carbonyl (C=O) groups excluding carboxylic acids is 2. The van der Waals surface area contributed by atoms with Gasteiger partial charge in [-0.05, 0) is 80.9 Å². The Hall–Kier alpha value is -2.04. The summed E-state index contributed by atoms with van der Waals surface area (Å²) in [6.45, 7) is 20.8. The maximum atomic E-state index is 12.6. The van der Waals surface area contributed by atoms with Crippen molar-refractivity contribution in [1.82, 2.24) is 0 Å². The van der Waals surface area contributed by atoms with E-state index in [0.29, 0.717) is 24.9 Å². The number of carbonyl (C=O) groups is 2. The first-order valence-electron chi connectivity index (χ1n) is 16.6. The molecule has 0 spiro atoms. The minimum absolute atomic E-state index is 0.0134. The average Bonchev–Trinajstić information content (AvgIpc) is 2.92. The van der Waals surface area contributed by atoms with Crippen LogP contribution >= 0.6 is 0 Å². The van der Waals surface area contributed by atoms with E-state index in [9.17, 15) is 9.59 Å². The van der Waals surface area contributed by atoms with Gasteiger partial charge >= 0.3 is 11.9 Å². The lowest BCUT2D eigenvalue weighted by Gasteiger charge is -2.22. The second-order valence-corrected chi connectivity index (χ2v) is 12.8. The van der Waals surface area contributed by atoms with Crippen LogP contribution in [0.2, 0.25) is 0 Å². The van der Waals surface area contributed by atoms with E-state index in [1.807, 2.05) is 20.8 Å². The number of rotatable bonds is 22. The van der Waals surface area contributed by atoms with Crippen LogP contribution in [0.5, 0.6) is 11.5 Å². The summed E-state index contributed by atoms with van der Waals surface area (Å²) in [6, 6.07) is 0. The SMILES string of the molecule is CCCCOC(=O)CCC(=O)Oc1c(C)c(C)c(OCCCC(C)CCCC(C)CCCC(C)C)c(CCC)c1C. The van der Waals surface area contributed by atoms with Crippen LogP contribution in [0.3, 0.4) is 0 Å². The van der Waals surface area contributed by atoms with Crippen molar-refractivity contribution in [2.24, 2.45) is 17.8 Å². The van der Waals surface area contributed by atoms with Crippen LogP contribution in [0.25, 0.3) is 0 Å². The van der Waals surface area contributed by atoms with Crippen LogP contribution in [0.1, 0.15) is 147 Å². The van der Waals surface area contributed by atoms with Crippen LogP contribution < -0.4 is 9.47 Å². The van der Waals surface area contributed by atoms with Gasteiger partial charge in [0.1, 0.15) is 11.5 Å². The fourth-order valence-corrected chi connectivity index (χ4v) is 5.41. The number of esters is 2. The van der Waals surface area contributed by atoms with Gasteiger partial charge in [0.05, 0.1) is 26.1 Å². The lowest BCUT2D eigenvalue weighted by Crippen LogP contribution is -2.15. The van der Waals surface area contributed by atoms with Gasteiger partial charge in [-0.1, -0.05) is 92.9 Å². The molecule has 5 heteroatoms. The Labute approximate surface area is 252 Å². The Morgan fingerprint density at radius 2 is 1.20 bits per heavy atom. The predicted molar refractivity (Wildman–Crippen MR) is 171 cm³/mol. The van der Waals surface area contributed by atoms with Gasteiger partial charge in [-0.25, -0.2) is 0 Å². The average molecular weight is 575 g/mol. The van der Waals surface area contributed by atoms with Crippen LogP contribution in [-0.2, 0) is 20.7 Å². The molecule has 0 aromatic heterocycles. The molecule has 1 aromatic carbocycles. The second-order valence-electron chi connectivity index (χ2n) is 12.8. The van der Waals surface area contributed by atoms with Crippen molar-refractivity contribution in [2.45, 2.75) is 152 Å². The van der Waals surface area contributed by atoms with Gasteiger partial charge in [0.25, 0.3) is 0 Å². The fraction of sp³-hybridized carbons (Fsp3) is 0.778. The molecule has 0 amide bonds. The van der Waals surface area contributed by atoms with Crippen molar-refractivity contribution < 1.29 is 23.8 Å². The summed E-state index contributed by atoms with van der Waals surface area (Å²) in [5.74, 6) is 3.17. The molecule has 0 heterocycles. The van der Waals surface area contributed by atoms with Gasteiger partial charge in [0.15, 0.2) is 0 Å². The maximum Gasteiger partial charge on any atom is 0.311 e. The Morgan fingerprint density at radius 1 is 0.634 bits per heavy atom. The topological polar surface area (TPSA) is 61.8 Å². The van der Waals surface area contributed by atoms with E-state index in [0.717, 1.165) is 71.9 Å². The summed E-state index contributed by atoms with van der Waals surface area (Å²) in [5.41, 5.74) is 4.03. The lowest BCUT2D eigenvalue weighted by molar-refractivity contribution is -0.147. The normalized spacial score (nSPS) is 12.8. The minimum Gasteiger partial charge on any atom is -0.493 e. The van der Waals surface area contributed by atoms with Gasteiger partial charge in [-0.2, -0.15) is 0 Å². The smallest absolute Gasteiger partial charge is 0.311 e. The monoisotopic (exact) mass is 574 g/mol. The van der Waals surface area contributed by atoms with Crippen LogP contribution in [0.15, 0.2) is 0 Å². The second kappa shape index (κ2) is 20.8. The quantitative estimate of drug-likeness (QED) is 0.0783. The zero-order valence-corrected chi connectivity index (χ0v) is 28.1. The molecule has 1 rings (SSSR count). The molecule has 1 aromatic rings. The van der Waals surface area contributed by atoms with Gasteiger partial charge < -0.3 is 14.2 Å². The van der Waals surface area contributed by atoms with Gasteiger partial charge in [0, 0.05) is 5.56 Å². The van der Waals surface area contributed by atoms with Crippen molar-refractivity contribution in [3.63, 3.8) is 0 Å². The highest BCUT2D eigenvalue weighted by Crippen LogP contribution is 2.39. The third-order valence-electron chi connectivity index (χ3n) is 8.28. The standard InChI is InChI=1S/C36H62O5/c1-10-12-24-39-33(37)22-23-34(38)41-35-29(7)30(8)36(32(16-11-2)31(35)9)40-25-15-21-28(6)20-14-19-27(5)18-13-17-26(3)4/h26-28H,10-25H2,1-9H3. The number of unbranched alkanes of at least 4 members (excludes halogenated alkanes) is 1. The molecule has 0 saturated heterocycles. The van der Waals surface area contributed by atoms with E-state index in [2.05, 4.69) is 41.5 Å². The molecule has 2 atom stereocenters. The molecule has 0 aliphatic rings. The summed E-state index contributed by atoms with van der Waals surface area (Å²) in [5, 5.41) is 0. The molecule has 0 bridgehead atoms. The van der Waals surface area contributed by atoms with E-state index in [1.54, 1.807) is 0 Å². The van der Waals surface area contributed by atoms with Crippen LogP contribution in [-0.4, -0.2) is 25.2 Å². The molecule has 0 radical (unpaired) electrons. The van der Waals surface area contributed by atoms with E-state index < -0.39 is 5.97 Å². The summed E-state index contributed by atoms with van der Waals surface area (Å²) < 4.78 is 17.4. The zero-order valence-electron chi connectivity index (χ0n) is 28.1. The van der Waals surface area contributed by atoms with Crippen LogP contribution in [0.4, 0.5) is 0 Å². The molecule has 236 valence electrons. The molecule has 5 nitrogen and oxygen atoms in total. The van der Waals surface area contributed by atoms with E-state index in [4.69, 9.17) is 14.2 Å². The number of hydrogen-bond donors (Lipinski definition) is 0. The molecular weight excluding hydrogens is 512 g/mol. The predicted octanol–water partition coefficient (Wildman–Crippen LogP) is 10.0. The number of hydrogen-bond acceptors (Lipinski definition) is 5. The molecule has 0 aliphatic carbocycles. The zero-order chi connectivity index (χ0) is 30.8.